The highest BCUT2D eigenvalue weighted by atomic mass is 16.5. The van der Waals surface area contributed by atoms with E-state index in [0.29, 0.717) is 19.1 Å². The number of hydrogen-bond acceptors (Lipinski definition) is 3. The van der Waals surface area contributed by atoms with Gasteiger partial charge in [-0.2, -0.15) is 0 Å². The van der Waals surface area contributed by atoms with E-state index in [-0.39, 0.29) is 5.91 Å². The second-order valence-corrected chi connectivity index (χ2v) is 6.01. The van der Waals surface area contributed by atoms with E-state index in [2.05, 4.69) is 12.2 Å². The van der Waals surface area contributed by atoms with Gasteiger partial charge in [0.15, 0.2) is 0 Å². The fourth-order valence-corrected chi connectivity index (χ4v) is 3.22. The van der Waals surface area contributed by atoms with Gasteiger partial charge in [0.1, 0.15) is 0 Å². The van der Waals surface area contributed by atoms with Crippen molar-refractivity contribution in [3.8, 4) is 0 Å². The van der Waals surface area contributed by atoms with Crippen LogP contribution in [0.25, 0.3) is 0 Å². The van der Waals surface area contributed by atoms with Gasteiger partial charge in [0.25, 0.3) is 5.91 Å². The number of carbonyl (C=O) groups excluding carboxylic acids is 1. The lowest BCUT2D eigenvalue weighted by molar-refractivity contribution is 0.0726. The number of benzene rings is 1. The Morgan fingerprint density at radius 3 is 2.81 bits per heavy atom. The molecule has 3 rings (SSSR count). The zero-order chi connectivity index (χ0) is 14.7. The van der Waals surface area contributed by atoms with E-state index in [0.717, 1.165) is 31.7 Å². The molecule has 1 saturated heterocycles. The molecule has 21 heavy (non-hydrogen) atoms. The average molecular weight is 288 g/mol. The SMILES string of the molecule is CCN(CC1CCNCC1)C(=O)c1ccc2c(c1)COC2. The van der Waals surface area contributed by atoms with E-state index < -0.39 is 0 Å². The first-order valence-electron chi connectivity index (χ1n) is 7.97. The summed E-state index contributed by atoms with van der Waals surface area (Å²) in [6.45, 7) is 7.18. The molecule has 0 atom stereocenters. The molecule has 1 aromatic carbocycles. The third-order valence-electron chi connectivity index (χ3n) is 4.57. The molecule has 114 valence electrons. The van der Waals surface area contributed by atoms with Crippen LogP contribution >= 0.6 is 0 Å². The van der Waals surface area contributed by atoms with Gasteiger partial charge in [-0.3, -0.25) is 4.79 Å². The summed E-state index contributed by atoms with van der Waals surface area (Å²) < 4.78 is 5.43. The summed E-state index contributed by atoms with van der Waals surface area (Å²) in [4.78, 5) is 14.7. The smallest absolute Gasteiger partial charge is 0.253 e. The molecule has 1 N–H and O–H groups in total. The van der Waals surface area contributed by atoms with E-state index in [4.69, 9.17) is 4.74 Å². The first kappa shape index (κ1) is 14.5. The second-order valence-electron chi connectivity index (χ2n) is 6.01. The lowest BCUT2D eigenvalue weighted by atomic mass is 9.97. The van der Waals surface area contributed by atoms with Crippen LogP contribution in [-0.4, -0.2) is 37.0 Å². The fraction of sp³-hybridized carbons (Fsp3) is 0.588. The molecule has 0 unspecified atom stereocenters. The lowest BCUT2D eigenvalue weighted by Crippen LogP contribution is -2.39. The third-order valence-corrected chi connectivity index (χ3v) is 4.57. The van der Waals surface area contributed by atoms with Gasteiger partial charge < -0.3 is 15.0 Å². The topological polar surface area (TPSA) is 41.6 Å². The second kappa shape index (κ2) is 6.58. The van der Waals surface area contributed by atoms with Crippen molar-refractivity contribution >= 4 is 5.91 Å². The molecule has 4 heteroatoms. The number of hydrogen-bond donors (Lipinski definition) is 1. The Morgan fingerprint density at radius 1 is 1.29 bits per heavy atom. The molecule has 0 aromatic heterocycles. The highest BCUT2D eigenvalue weighted by molar-refractivity contribution is 5.94. The molecule has 0 saturated carbocycles. The Hall–Kier alpha value is -1.39. The Labute approximate surface area is 126 Å². The monoisotopic (exact) mass is 288 g/mol. The summed E-state index contributed by atoms with van der Waals surface area (Å²) >= 11 is 0. The van der Waals surface area contributed by atoms with Crippen molar-refractivity contribution in [2.75, 3.05) is 26.2 Å². The minimum Gasteiger partial charge on any atom is -0.372 e. The molecular weight excluding hydrogens is 264 g/mol. The number of amides is 1. The van der Waals surface area contributed by atoms with Crippen LogP contribution in [0.4, 0.5) is 0 Å². The predicted molar refractivity (Wildman–Crippen MR) is 82.1 cm³/mol. The molecule has 4 nitrogen and oxygen atoms in total. The summed E-state index contributed by atoms with van der Waals surface area (Å²) in [7, 11) is 0. The quantitative estimate of drug-likeness (QED) is 0.923. The molecule has 1 fully saturated rings. The fourth-order valence-electron chi connectivity index (χ4n) is 3.22. The highest BCUT2D eigenvalue weighted by Crippen LogP contribution is 2.22. The Morgan fingerprint density at radius 2 is 2.05 bits per heavy atom. The number of nitrogens with one attached hydrogen (secondary N) is 1. The van der Waals surface area contributed by atoms with Crippen LogP contribution < -0.4 is 5.32 Å². The van der Waals surface area contributed by atoms with Gasteiger partial charge >= 0.3 is 0 Å². The van der Waals surface area contributed by atoms with E-state index in [1.165, 1.54) is 24.0 Å². The zero-order valence-corrected chi connectivity index (χ0v) is 12.7. The Kier molecular flexibility index (Phi) is 4.56. The lowest BCUT2D eigenvalue weighted by Gasteiger charge is -2.29. The predicted octanol–water partition coefficient (Wildman–Crippen LogP) is 2.18. The first-order valence-corrected chi connectivity index (χ1v) is 7.97. The Bertz CT molecular complexity index is 510. The molecule has 2 heterocycles. The number of nitrogens with zero attached hydrogens (tertiary/aromatic N) is 1. The van der Waals surface area contributed by atoms with Gasteiger partial charge in [0.05, 0.1) is 13.2 Å². The molecular formula is C17H24N2O2. The maximum absolute atomic E-state index is 12.7. The van der Waals surface area contributed by atoms with Crippen molar-refractivity contribution in [2.45, 2.75) is 33.0 Å². The van der Waals surface area contributed by atoms with Crippen molar-refractivity contribution in [1.29, 1.82) is 0 Å². The minimum absolute atomic E-state index is 0.158. The van der Waals surface area contributed by atoms with Gasteiger partial charge in [-0.15, -0.1) is 0 Å². The number of ether oxygens (including phenoxy) is 1. The maximum Gasteiger partial charge on any atom is 0.253 e. The van der Waals surface area contributed by atoms with E-state index in [1.54, 1.807) is 0 Å². The summed E-state index contributed by atoms with van der Waals surface area (Å²) in [6.07, 6.45) is 2.34. The minimum atomic E-state index is 0.158. The van der Waals surface area contributed by atoms with Crippen LogP contribution in [0.3, 0.4) is 0 Å². The van der Waals surface area contributed by atoms with Gasteiger partial charge in [-0.05, 0) is 62.0 Å². The van der Waals surface area contributed by atoms with Crippen molar-refractivity contribution in [2.24, 2.45) is 5.92 Å². The molecule has 0 radical (unpaired) electrons. The first-order chi connectivity index (χ1) is 10.3. The summed E-state index contributed by atoms with van der Waals surface area (Å²) in [6, 6.07) is 5.99. The highest BCUT2D eigenvalue weighted by Gasteiger charge is 2.22. The number of piperidine rings is 1. The standard InChI is InChI=1S/C17H24N2O2/c1-2-19(10-13-5-7-18-8-6-13)17(20)14-3-4-15-11-21-12-16(15)9-14/h3-4,9,13,18H,2,5-8,10-12H2,1H3. The van der Waals surface area contributed by atoms with E-state index in [1.807, 2.05) is 23.1 Å². The van der Waals surface area contributed by atoms with Crippen LogP contribution in [0.5, 0.6) is 0 Å². The third kappa shape index (κ3) is 3.27. The van der Waals surface area contributed by atoms with Crippen molar-refractivity contribution in [3.63, 3.8) is 0 Å². The van der Waals surface area contributed by atoms with Crippen LogP contribution in [0.15, 0.2) is 18.2 Å². The largest absolute Gasteiger partial charge is 0.372 e. The normalized spacial score (nSPS) is 18.5. The van der Waals surface area contributed by atoms with Crippen LogP contribution in [0, 0.1) is 5.92 Å². The van der Waals surface area contributed by atoms with Gasteiger partial charge in [0.2, 0.25) is 0 Å². The average Bonchev–Trinajstić information content (AvgIpc) is 3.00. The van der Waals surface area contributed by atoms with Crippen LogP contribution in [-0.2, 0) is 18.0 Å². The molecule has 2 aliphatic rings. The van der Waals surface area contributed by atoms with Gasteiger partial charge in [0, 0.05) is 18.7 Å². The van der Waals surface area contributed by atoms with Crippen LogP contribution in [0.2, 0.25) is 0 Å². The number of carbonyl (C=O) groups is 1. The van der Waals surface area contributed by atoms with Gasteiger partial charge in [-0.25, -0.2) is 0 Å². The summed E-state index contributed by atoms with van der Waals surface area (Å²) in [5.41, 5.74) is 3.18. The molecule has 1 amide bonds. The summed E-state index contributed by atoms with van der Waals surface area (Å²) in [5.74, 6) is 0.790. The maximum atomic E-state index is 12.7. The van der Waals surface area contributed by atoms with Gasteiger partial charge in [-0.1, -0.05) is 6.07 Å². The number of rotatable bonds is 4. The van der Waals surface area contributed by atoms with Crippen molar-refractivity contribution < 1.29 is 9.53 Å². The van der Waals surface area contributed by atoms with E-state index >= 15 is 0 Å². The van der Waals surface area contributed by atoms with Crippen molar-refractivity contribution in [3.05, 3.63) is 34.9 Å². The molecule has 0 spiro atoms. The molecule has 2 aliphatic heterocycles. The van der Waals surface area contributed by atoms with E-state index in [9.17, 15) is 4.79 Å². The van der Waals surface area contributed by atoms with Crippen molar-refractivity contribution in [1.82, 2.24) is 10.2 Å². The van der Waals surface area contributed by atoms with Crippen LogP contribution in [0.1, 0.15) is 41.3 Å². The number of fused-ring (bicyclic) bond motifs is 1. The molecule has 1 aromatic rings. The Balaban J connectivity index is 1.69. The molecule has 0 bridgehead atoms. The zero-order valence-electron chi connectivity index (χ0n) is 12.7. The summed E-state index contributed by atoms with van der Waals surface area (Å²) in [5, 5.41) is 3.38. The molecule has 0 aliphatic carbocycles.